The first-order valence-corrected chi connectivity index (χ1v) is 9.52. The third-order valence-corrected chi connectivity index (χ3v) is 4.31. The van der Waals surface area contributed by atoms with Crippen LogP contribution in [0.15, 0.2) is 30.3 Å². The largest absolute Gasteiger partial charge is 0.381 e. The summed E-state index contributed by atoms with van der Waals surface area (Å²) < 4.78 is 5.51. The minimum absolute atomic E-state index is 0.0178. The monoisotopic (exact) mass is 361 g/mol. The van der Waals surface area contributed by atoms with Crippen molar-refractivity contribution in [3.63, 3.8) is 0 Å². The van der Waals surface area contributed by atoms with Gasteiger partial charge in [0.2, 0.25) is 5.91 Å². The molecule has 26 heavy (non-hydrogen) atoms. The molecule has 0 saturated carbocycles. The number of rotatable bonds is 8. The zero-order chi connectivity index (χ0) is 18.8. The zero-order valence-corrected chi connectivity index (χ0v) is 15.9. The fraction of sp³-hybridized carbons (Fsp3) is 0.600. The van der Waals surface area contributed by atoms with E-state index in [2.05, 4.69) is 24.5 Å². The smallest absolute Gasteiger partial charge is 0.317 e. The van der Waals surface area contributed by atoms with E-state index in [1.54, 1.807) is 4.90 Å². The Hall–Kier alpha value is -2.08. The third kappa shape index (κ3) is 7.04. The molecule has 1 unspecified atom stereocenters. The Morgan fingerprint density at radius 2 is 2.04 bits per heavy atom. The van der Waals surface area contributed by atoms with E-state index < -0.39 is 0 Å². The molecule has 6 heteroatoms. The maximum absolute atomic E-state index is 12.4. The van der Waals surface area contributed by atoms with Crippen LogP contribution in [0.5, 0.6) is 0 Å². The first-order valence-electron chi connectivity index (χ1n) is 9.52. The molecular formula is C20H31N3O3. The molecule has 0 aromatic heterocycles. The second-order valence-electron chi connectivity index (χ2n) is 7.19. The van der Waals surface area contributed by atoms with Crippen LogP contribution >= 0.6 is 0 Å². The van der Waals surface area contributed by atoms with Gasteiger partial charge in [0.15, 0.2) is 0 Å². The number of benzene rings is 1. The van der Waals surface area contributed by atoms with Crippen LogP contribution in [0, 0.1) is 11.8 Å². The lowest BCUT2D eigenvalue weighted by Crippen LogP contribution is -2.48. The van der Waals surface area contributed by atoms with Crippen molar-refractivity contribution in [3.8, 4) is 0 Å². The number of ether oxygens (including phenoxy) is 1. The van der Waals surface area contributed by atoms with Crippen LogP contribution in [-0.4, -0.2) is 49.7 Å². The molecule has 0 spiro atoms. The van der Waals surface area contributed by atoms with Gasteiger partial charge in [-0.05, 0) is 37.3 Å². The molecule has 6 nitrogen and oxygen atoms in total. The molecule has 1 saturated heterocycles. The normalized spacial score (nSPS) is 17.2. The van der Waals surface area contributed by atoms with Crippen molar-refractivity contribution in [1.82, 2.24) is 10.2 Å². The highest BCUT2D eigenvalue weighted by atomic mass is 16.5. The molecule has 2 N–H and O–H groups in total. The predicted molar refractivity (Wildman–Crippen MR) is 103 cm³/mol. The van der Waals surface area contributed by atoms with Crippen molar-refractivity contribution in [2.75, 3.05) is 38.2 Å². The lowest BCUT2D eigenvalue weighted by molar-refractivity contribution is -0.121. The van der Waals surface area contributed by atoms with E-state index in [-0.39, 0.29) is 17.9 Å². The summed E-state index contributed by atoms with van der Waals surface area (Å²) in [6.07, 6.45) is 2.45. The van der Waals surface area contributed by atoms with E-state index in [0.29, 0.717) is 32.2 Å². The van der Waals surface area contributed by atoms with E-state index in [1.807, 2.05) is 30.3 Å². The van der Waals surface area contributed by atoms with Gasteiger partial charge in [-0.3, -0.25) is 4.79 Å². The van der Waals surface area contributed by atoms with Crippen LogP contribution in [0.4, 0.5) is 10.5 Å². The van der Waals surface area contributed by atoms with Gasteiger partial charge >= 0.3 is 6.03 Å². The van der Waals surface area contributed by atoms with Crippen LogP contribution in [0.1, 0.15) is 33.1 Å². The standard InChI is InChI=1S/C20H31N3O3/c1-16(2)15-26-13-7-11-21-20(25)23-12-6-8-17(14-23)19(24)22-18-9-4-3-5-10-18/h3-5,9-10,16-17H,6-8,11-15H2,1-2H3,(H,21,25)(H,22,24). The lowest BCUT2D eigenvalue weighted by Gasteiger charge is -2.32. The second kappa shape index (κ2) is 10.8. The molecule has 144 valence electrons. The highest BCUT2D eigenvalue weighted by molar-refractivity contribution is 5.93. The Morgan fingerprint density at radius 3 is 2.77 bits per heavy atom. The first kappa shape index (κ1) is 20.2. The molecule has 0 aliphatic carbocycles. The van der Waals surface area contributed by atoms with Gasteiger partial charge in [-0.2, -0.15) is 0 Å². The molecule has 1 aliphatic heterocycles. The highest BCUT2D eigenvalue weighted by Gasteiger charge is 2.28. The van der Waals surface area contributed by atoms with Crippen molar-refractivity contribution in [2.24, 2.45) is 11.8 Å². The minimum atomic E-state index is -0.163. The predicted octanol–water partition coefficient (Wildman–Crippen LogP) is 3.11. The van der Waals surface area contributed by atoms with Crippen molar-refractivity contribution in [1.29, 1.82) is 0 Å². The molecule has 2 rings (SSSR count). The second-order valence-corrected chi connectivity index (χ2v) is 7.19. The summed E-state index contributed by atoms with van der Waals surface area (Å²) in [5.41, 5.74) is 0.792. The average molecular weight is 361 g/mol. The summed E-state index contributed by atoms with van der Waals surface area (Å²) in [5, 5.41) is 5.86. The van der Waals surface area contributed by atoms with Crippen LogP contribution in [0.3, 0.4) is 0 Å². The Labute approximate surface area is 156 Å². The maximum atomic E-state index is 12.4. The van der Waals surface area contributed by atoms with Gasteiger partial charge in [0.25, 0.3) is 0 Å². The van der Waals surface area contributed by atoms with Crippen LogP contribution in [0.2, 0.25) is 0 Å². The highest BCUT2D eigenvalue weighted by Crippen LogP contribution is 2.18. The van der Waals surface area contributed by atoms with E-state index in [4.69, 9.17) is 4.74 Å². The van der Waals surface area contributed by atoms with Gasteiger partial charge in [0.1, 0.15) is 0 Å². The Bertz CT molecular complexity index is 563. The SMILES string of the molecule is CC(C)COCCCNC(=O)N1CCCC(C(=O)Nc2ccccc2)C1. The van der Waals surface area contributed by atoms with Gasteiger partial charge in [-0.25, -0.2) is 4.79 Å². The number of carbonyl (C=O) groups excluding carboxylic acids is 2. The number of hydrogen-bond donors (Lipinski definition) is 2. The summed E-state index contributed by atoms with van der Waals surface area (Å²) in [4.78, 5) is 26.5. The Kier molecular flexibility index (Phi) is 8.41. The van der Waals surface area contributed by atoms with Crippen LogP contribution in [0.25, 0.3) is 0 Å². The lowest BCUT2D eigenvalue weighted by atomic mass is 9.97. The number of piperidine rings is 1. The minimum Gasteiger partial charge on any atom is -0.381 e. The van der Waals surface area contributed by atoms with E-state index in [9.17, 15) is 9.59 Å². The molecule has 0 radical (unpaired) electrons. The molecule has 1 heterocycles. The van der Waals surface area contributed by atoms with Crippen molar-refractivity contribution in [3.05, 3.63) is 30.3 Å². The first-order chi connectivity index (χ1) is 12.6. The van der Waals surface area contributed by atoms with Crippen LogP contribution in [-0.2, 0) is 9.53 Å². The maximum Gasteiger partial charge on any atom is 0.317 e. The van der Waals surface area contributed by atoms with Crippen molar-refractivity contribution in [2.45, 2.75) is 33.1 Å². The molecule has 3 amide bonds. The number of hydrogen-bond acceptors (Lipinski definition) is 3. The van der Waals surface area contributed by atoms with Gasteiger partial charge in [0, 0.05) is 38.5 Å². The molecule has 1 aromatic carbocycles. The molecule has 0 bridgehead atoms. The molecular weight excluding hydrogens is 330 g/mol. The van der Waals surface area contributed by atoms with Gasteiger partial charge in [-0.1, -0.05) is 32.0 Å². The summed E-state index contributed by atoms with van der Waals surface area (Å²) in [7, 11) is 0. The number of nitrogens with one attached hydrogen (secondary N) is 2. The van der Waals surface area contributed by atoms with Crippen LogP contribution < -0.4 is 10.6 Å². The summed E-state index contributed by atoms with van der Waals surface area (Å²) in [6, 6.07) is 9.34. The van der Waals surface area contributed by atoms with E-state index in [1.165, 1.54) is 0 Å². The fourth-order valence-corrected chi connectivity index (χ4v) is 2.94. The number of nitrogens with zero attached hydrogens (tertiary/aromatic N) is 1. The number of para-hydroxylation sites is 1. The number of anilines is 1. The van der Waals surface area contributed by atoms with E-state index >= 15 is 0 Å². The molecule has 1 atom stereocenters. The van der Waals surface area contributed by atoms with Gasteiger partial charge in [-0.15, -0.1) is 0 Å². The van der Waals surface area contributed by atoms with Gasteiger partial charge < -0.3 is 20.3 Å². The Balaban J connectivity index is 1.69. The topological polar surface area (TPSA) is 70.7 Å². The Morgan fingerprint density at radius 1 is 1.27 bits per heavy atom. The quantitative estimate of drug-likeness (QED) is 0.699. The third-order valence-electron chi connectivity index (χ3n) is 4.31. The number of carbonyl (C=O) groups is 2. The fourth-order valence-electron chi connectivity index (χ4n) is 2.94. The molecule has 1 aliphatic rings. The van der Waals surface area contributed by atoms with Crippen molar-refractivity contribution < 1.29 is 14.3 Å². The average Bonchev–Trinajstić information content (AvgIpc) is 2.65. The van der Waals surface area contributed by atoms with E-state index in [0.717, 1.165) is 31.6 Å². The summed E-state index contributed by atoms with van der Waals surface area (Å²) in [5.74, 6) is 0.344. The summed E-state index contributed by atoms with van der Waals surface area (Å²) in [6.45, 7) is 7.39. The van der Waals surface area contributed by atoms with Gasteiger partial charge in [0.05, 0.1) is 5.92 Å². The zero-order valence-electron chi connectivity index (χ0n) is 15.9. The number of likely N-dealkylation sites (tertiary alicyclic amines) is 1. The summed E-state index contributed by atoms with van der Waals surface area (Å²) >= 11 is 0. The number of urea groups is 1. The van der Waals surface area contributed by atoms with Crippen molar-refractivity contribution >= 4 is 17.6 Å². The molecule has 1 aromatic rings. The number of amides is 3. The molecule has 1 fully saturated rings.